The summed E-state index contributed by atoms with van der Waals surface area (Å²) in [7, 11) is 0. The number of carboxylic acid groups (broad SMARTS) is 1. The molecule has 0 saturated carbocycles. The highest BCUT2D eigenvalue weighted by molar-refractivity contribution is 5.90. The summed E-state index contributed by atoms with van der Waals surface area (Å²) in [5, 5.41) is 14.3. The van der Waals surface area contributed by atoms with Crippen molar-refractivity contribution >= 4 is 17.7 Å². The Kier molecular flexibility index (Phi) is 6.56. The maximum absolute atomic E-state index is 11.9. The van der Waals surface area contributed by atoms with Gasteiger partial charge in [-0.3, -0.25) is 4.79 Å². The number of carboxylic acids is 1. The van der Waals surface area contributed by atoms with E-state index in [0.29, 0.717) is 6.42 Å². The Morgan fingerprint density at radius 2 is 1.95 bits per heavy atom. The molecule has 1 aromatic carbocycles. The summed E-state index contributed by atoms with van der Waals surface area (Å²) in [5.41, 5.74) is 1.81. The van der Waals surface area contributed by atoms with E-state index in [9.17, 15) is 9.59 Å². The number of carbonyl (C=O) groups excluding carboxylic acids is 1. The summed E-state index contributed by atoms with van der Waals surface area (Å²) >= 11 is 0. The molecule has 0 aliphatic carbocycles. The van der Waals surface area contributed by atoms with Crippen LogP contribution in [-0.4, -0.2) is 23.1 Å². The number of carbonyl (C=O) groups is 2. The molecule has 2 amide bonds. The molecule has 0 aliphatic heterocycles. The summed E-state index contributed by atoms with van der Waals surface area (Å²) in [6, 6.07) is 6.87. The highest BCUT2D eigenvalue weighted by atomic mass is 16.4. The standard InChI is InChI=1S/C15H22N2O3/c1-3-7-12(10-14(18)19)16-15(20)17-13-9-6-5-8-11(13)4-2/h5-6,8-9,12H,3-4,7,10H2,1-2H3,(H,18,19)(H2,16,17,20). The number of anilines is 1. The molecule has 110 valence electrons. The first-order chi connectivity index (χ1) is 9.56. The van der Waals surface area contributed by atoms with Gasteiger partial charge in [-0.2, -0.15) is 0 Å². The van der Waals surface area contributed by atoms with Crippen LogP contribution in [0.15, 0.2) is 24.3 Å². The third-order valence-electron chi connectivity index (χ3n) is 3.04. The summed E-state index contributed by atoms with van der Waals surface area (Å²) in [4.78, 5) is 22.7. The predicted molar refractivity (Wildman–Crippen MR) is 78.9 cm³/mol. The van der Waals surface area contributed by atoms with E-state index in [-0.39, 0.29) is 18.5 Å². The van der Waals surface area contributed by atoms with E-state index in [1.807, 2.05) is 38.1 Å². The second-order valence-corrected chi connectivity index (χ2v) is 4.69. The molecule has 0 aliphatic rings. The lowest BCUT2D eigenvalue weighted by molar-refractivity contribution is -0.137. The number of aliphatic carboxylic acids is 1. The number of hydrogen-bond donors (Lipinski definition) is 3. The Bertz CT molecular complexity index is 460. The first-order valence-corrected chi connectivity index (χ1v) is 6.94. The molecular formula is C15H22N2O3. The Morgan fingerprint density at radius 3 is 2.55 bits per heavy atom. The summed E-state index contributed by atoms with van der Waals surface area (Å²) in [5.74, 6) is -0.905. The molecule has 0 spiro atoms. The first-order valence-electron chi connectivity index (χ1n) is 6.94. The van der Waals surface area contributed by atoms with Crippen LogP contribution in [0.4, 0.5) is 10.5 Å². The Labute approximate surface area is 119 Å². The maximum atomic E-state index is 11.9. The van der Waals surface area contributed by atoms with Gasteiger partial charge in [0.15, 0.2) is 0 Å². The zero-order valence-corrected chi connectivity index (χ0v) is 12.0. The monoisotopic (exact) mass is 278 g/mol. The van der Waals surface area contributed by atoms with Crippen molar-refractivity contribution in [3.05, 3.63) is 29.8 Å². The fourth-order valence-electron chi connectivity index (χ4n) is 2.08. The van der Waals surface area contributed by atoms with Gasteiger partial charge in [0.1, 0.15) is 0 Å². The van der Waals surface area contributed by atoms with Gasteiger partial charge in [-0.1, -0.05) is 38.5 Å². The molecule has 0 aromatic heterocycles. The van der Waals surface area contributed by atoms with Crippen LogP contribution in [0.25, 0.3) is 0 Å². The molecule has 0 fully saturated rings. The number of nitrogens with one attached hydrogen (secondary N) is 2. The van der Waals surface area contributed by atoms with Gasteiger partial charge in [0.2, 0.25) is 0 Å². The van der Waals surface area contributed by atoms with Gasteiger partial charge in [-0.15, -0.1) is 0 Å². The largest absolute Gasteiger partial charge is 0.481 e. The van der Waals surface area contributed by atoms with Gasteiger partial charge in [0.25, 0.3) is 0 Å². The van der Waals surface area contributed by atoms with E-state index < -0.39 is 5.97 Å². The minimum Gasteiger partial charge on any atom is -0.481 e. The number of aryl methyl sites for hydroxylation is 1. The van der Waals surface area contributed by atoms with Crippen LogP contribution in [0, 0.1) is 0 Å². The summed E-state index contributed by atoms with van der Waals surface area (Å²) < 4.78 is 0. The normalized spacial score (nSPS) is 11.7. The second kappa shape index (κ2) is 8.19. The molecule has 1 rings (SSSR count). The molecule has 1 atom stereocenters. The van der Waals surface area contributed by atoms with E-state index in [0.717, 1.165) is 24.1 Å². The molecule has 5 heteroatoms. The molecule has 1 unspecified atom stereocenters. The molecule has 0 radical (unpaired) electrons. The van der Waals surface area contributed by atoms with Crippen molar-refractivity contribution in [2.75, 3.05) is 5.32 Å². The minimum atomic E-state index is -0.905. The molecule has 0 bridgehead atoms. The molecule has 0 saturated heterocycles. The quantitative estimate of drug-likeness (QED) is 0.717. The van der Waals surface area contributed by atoms with Crippen molar-refractivity contribution in [2.45, 2.75) is 45.6 Å². The zero-order chi connectivity index (χ0) is 15.0. The van der Waals surface area contributed by atoms with Crippen molar-refractivity contribution in [1.82, 2.24) is 5.32 Å². The third-order valence-corrected chi connectivity index (χ3v) is 3.04. The van der Waals surface area contributed by atoms with E-state index >= 15 is 0 Å². The average molecular weight is 278 g/mol. The fraction of sp³-hybridized carbons (Fsp3) is 0.467. The van der Waals surface area contributed by atoms with Crippen LogP contribution in [0.3, 0.4) is 0 Å². The highest BCUT2D eigenvalue weighted by Crippen LogP contribution is 2.15. The van der Waals surface area contributed by atoms with Crippen molar-refractivity contribution in [1.29, 1.82) is 0 Å². The minimum absolute atomic E-state index is 0.0588. The Hall–Kier alpha value is -2.04. The molecule has 0 heterocycles. The van der Waals surface area contributed by atoms with Crippen LogP contribution in [-0.2, 0) is 11.2 Å². The number of para-hydroxylation sites is 1. The lowest BCUT2D eigenvalue weighted by atomic mass is 10.1. The fourth-order valence-corrected chi connectivity index (χ4v) is 2.08. The smallest absolute Gasteiger partial charge is 0.319 e. The van der Waals surface area contributed by atoms with Crippen LogP contribution < -0.4 is 10.6 Å². The number of amides is 2. The highest BCUT2D eigenvalue weighted by Gasteiger charge is 2.15. The number of benzene rings is 1. The van der Waals surface area contributed by atoms with Crippen molar-refractivity contribution in [3.8, 4) is 0 Å². The van der Waals surface area contributed by atoms with E-state index in [1.54, 1.807) is 0 Å². The Morgan fingerprint density at radius 1 is 1.25 bits per heavy atom. The summed E-state index contributed by atoms with van der Waals surface area (Å²) in [6.45, 7) is 3.98. The van der Waals surface area contributed by atoms with E-state index in [2.05, 4.69) is 10.6 Å². The van der Waals surface area contributed by atoms with E-state index in [4.69, 9.17) is 5.11 Å². The van der Waals surface area contributed by atoms with Crippen LogP contribution in [0.2, 0.25) is 0 Å². The zero-order valence-electron chi connectivity index (χ0n) is 12.0. The van der Waals surface area contributed by atoms with Crippen LogP contribution in [0.1, 0.15) is 38.7 Å². The number of urea groups is 1. The third kappa shape index (κ3) is 5.30. The van der Waals surface area contributed by atoms with Gasteiger partial charge in [-0.05, 0) is 24.5 Å². The lowest BCUT2D eigenvalue weighted by Gasteiger charge is -2.17. The van der Waals surface area contributed by atoms with Gasteiger partial charge < -0.3 is 15.7 Å². The SMILES string of the molecule is CCCC(CC(=O)O)NC(=O)Nc1ccccc1CC. The molecule has 3 N–H and O–H groups in total. The molecule has 1 aromatic rings. The predicted octanol–water partition coefficient (Wildman–Crippen LogP) is 3.01. The average Bonchev–Trinajstić information content (AvgIpc) is 2.38. The topological polar surface area (TPSA) is 78.4 Å². The van der Waals surface area contributed by atoms with Crippen molar-refractivity contribution in [2.24, 2.45) is 0 Å². The molecular weight excluding hydrogens is 256 g/mol. The van der Waals surface area contributed by atoms with Gasteiger partial charge in [0, 0.05) is 11.7 Å². The maximum Gasteiger partial charge on any atom is 0.319 e. The van der Waals surface area contributed by atoms with Crippen LogP contribution >= 0.6 is 0 Å². The first kappa shape index (κ1) is 16.0. The second-order valence-electron chi connectivity index (χ2n) is 4.69. The van der Waals surface area contributed by atoms with E-state index in [1.165, 1.54) is 0 Å². The number of hydrogen-bond acceptors (Lipinski definition) is 2. The summed E-state index contributed by atoms with van der Waals surface area (Å²) in [6.07, 6.45) is 2.24. The van der Waals surface area contributed by atoms with Gasteiger partial charge >= 0.3 is 12.0 Å². The number of rotatable bonds is 7. The molecule has 20 heavy (non-hydrogen) atoms. The van der Waals surface area contributed by atoms with Crippen LogP contribution in [0.5, 0.6) is 0 Å². The Balaban J connectivity index is 2.62. The van der Waals surface area contributed by atoms with Gasteiger partial charge in [0.05, 0.1) is 6.42 Å². The van der Waals surface area contributed by atoms with Crippen molar-refractivity contribution in [3.63, 3.8) is 0 Å². The van der Waals surface area contributed by atoms with Crippen molar-refractivity contribution < 1.29 is 14.7 Å². The van der Waals surface area contributed by atoms with Gasteiger partial charge in [-0.25, -0.2) is 4.79 Å². The molecule has 5 nitrogen and oxygen atoms in total. The lowest BCUT2D eigenvalue weighted by Crippen LogP contribution is -2.39.